The number of allylic oxidation sites excluding steroid dienone is 3. The maximum absolute atomic E-state index is 4.91. The van der Waals surface area contributed by atoms with Crippen LogP contribution in [0.5, 0.6) is 0 Å². The van der Waals surface area contributed by atoms with Crippen molar-refractivity contribution < 1.29 is 0 Å². The van der Waals surface area contributed by atoms with Crippen LogP contribution in [0.2, 0.25) is 0 Å². The van der Waals surface area contributed by atoms with Crippen molar-refractivity contribution in [3.8, 4) is 34.2 Å². The van der Waals surface area contributed by atoms with Crippen molar-refractivity contribution in [1.29, 1.82) is 0 Å². The summed E-state index contributed by atoms with van der Waals surface area (Å²) in [7, 11) is 1.98. The molecular formula is C30H25N5. The van der Waals surface area contributed by atoms with E-state index in [1.54, 1.807) is 0 Å². The lowest BCUT2D eigenvalue weighted by atomic mass is 10.0. The number of hydrogen-bond donors (Lipinski definition) is 0. The van der Waals surface area contributed by atoms with Gasteiger partial charge in [0, 0.05) is 35.0 Å². The average molecular weight is 456 g/mol. The number of aliphatic imine (C=N–C) groups is 1. The number of likely N-dealkylation sites (N-methyl/N-ethyl adjacent to an activating group) is 1. The van der Waals surface area contributed by atoms with Crippen molar-refractivity contribution in [3.05, 3.63) is 127 Å². The second-order valence-corrected chi connectivity index (χ2v) is 8.09. The predicted molar refractivity (Wildman–Crippen MR) is 143 cm³/mol. The van der Waals surface area contributed by atoms with Crippen LogP contribution in [0.25, 0.3) is 34.2 Å². The van der Waals surface area contributed by atoms with Crippen LogP contribution in [0, 0.1) is 0 Å². The van der Waals surface area contributed by atoms with Gasteiger partial charge in [-0.25, -0.2) is 15.0 Å². The molecule has 170 valence electrons. The Bertz CT molecular complexity index is 1380. The Kier molecular flexibility index (Phi) is 6.39. The van der Waals surface area contributed by atoms with Gasteiger partial charge >= 0.3 is 0 Å². The van der Waals surface area contributed by atoms with Crippen LogP contribution in [0.3, 0.4) is 0 Å². The molecule has 0 N–H and O–H groups in total. The fourth-order valence-electron chi connectivity index (χ4n) is 3.87. The highest BCUT2D eigenvalue weighted by molar-refractivity contribution is 6.05. The van der Waals surface area contributed by atoms with Gasteiger partial charge in [-0.15, -0.1) is 0 Å². The number of rotatable bonds is 4. The fourth-order valence-corrected chi connectivity index (χ4v) is 3.87. The van der Waals surface area contributed by atoms with Crippen molar-refractivity contribution in [2.24, 2.45) is 4.99 Å². The molecule has 0 bridgehead atoms. The SMILES string of the molecule is C=C1/C=C\C=C/C/N=C(/c2ccccc2-c2nc(-c3ccccc3)nc(-c3ccccc3)n2)N1C. The normalized spacial score (nSPS) is 17.0. The van der Waals surface area contributed by atoms with E-state index in [2.05, 4.69) is 12.6 Å². The molecule has 5 nitrogen and oxygen atoms in total. The zero-order valence-corrected chi connectivity index (χ0v) is 19.5. The molecule has 0 saturated carbocycles. The average Bonchev–Trinajstić information content (AvgIpc) is 3.00. The smallest absolute Gasteiger partial charge is 0.164 e. The summed E-state index contributed by atoms with van der Waals surface area (Å²) in [5.41, 5.74) is 4.53. The molecule has 1 aliphatic heterocycles. The Hall–Kier alpha value is -4.64. The molecule has 0 aliphatic carbocycles. The van der Waals surface area contributed by atoms with E-state index in [0.29, 0.717) is 24.0 Å². The van der Waals surface area contributed by atoms with Gasteiger partial charge in [0.1, 0.15) is 5.84 Å². The standard InChI is InChI=1S/C30H25N5/c1-22-14-6-5-13-21-31-30(35(22)2)26-20-12-11-19-25(26)29-33-27(23-15-7-3-8-16-23)32-28(34-29)24-17-9-4-10-18-24/h3-20H,1,21H2,2H3/b13-5-,14-6-,31-30-. The summed E-state index contributed by atoms with van der Waals surface area (Å²) in [6.45, 7) is 4.77. The van der Waals surface area contributed by atoms with Gasteiger partial charge in [0.2, 0.25) is 0 Å². The summed E-state index contributed by atoms with van der Waals surface area (Å²) < 4.78 is 0. The van der Waals surface area contributed by atoms with E-state index in [0.717, 1.165) is 33.8 Å². The van der Waals surface area contributed by atoms with E-state index in [4.69, 9.17) is 19.9 Å². The minimum absolute atomic E-state index is 0.563. The molecule has 0 atom stereocenters. The van der Waals surface area contributed by atoms with Crippen molar-refractivity contribution in [3.63, 3.8) is 0 Å². The maximum Gasteiger partial charge on any atom is 0.164 e. The van der Waals surface area contributed by atoms with Gasteiger partial charge < -0.3 is 4.90 Å². The third-order valence-corrected chi connectivity index (χ3v) is 5.74. The Balaban J connectivity index is 1.70. The molecule has 1 aliphatic rings. The second kappa shape index (κ2) is 10.1. The Morgan fingerprint density at radius 1 is 0.657 bits per heavy atom. The molecule has 5 heteroatoms. The predicted octanol–water partition coefficient (Wildman–Crippen LogP) is 6.19. The zero-order chi connectivity index (χ0) is 24.0. The van der Waals surface area contributed by atoms with Crippen LogP contribution < -0.4 is 0 Å². The summed E-state index contributed by atoms with van der Waals surface area (Å²) in [4.78, 5) is 21.5. The minimum atomic E-state index is 0.563. The number of benzene rings is 3. The molecule has 0 unspecified atom stereocenters. The first-order valence-corrected chi connectivity index (χ1v) is 11.5. The summed E-state index contributed by atoms with van der Waals surface area (Å²) in [5, 5.41) is 0. The van der Waals surface area contributed by atoms with Gasteiger partial charge in [-0.3, -0.25) is 4.99 Å². The van der Waals surface area contributed by atoms with Crippen LogP contribution in [-0.2, 0) is 0 Å². The van der Waals surface area contributed by atoms with Gasteiger partial charge in [-0.2, -0.15) is 0 Å². The van der Waals surface area contributed by atoms with E-state index in [1.807, 2.05) is 115 Å². The Labute approximate surface area is 205 Å². The van der Waals surface area contributed by atoms with Crippen molar-refractivity contribution in [2.75, 3.05) is 13.6 Å². The number of amidine groups is 1. The lowest BCUT2D eigenvalue weighted by Gasteiger charge is -2.23. The third-order valence-electron chi connectivity index (χ3n) is 5.74. The van der Waals surface area contributed by atoms with Crippen molar-refractivity contribution in [2.45, 2.75) is 0 Å². The van der Waals surface area contributed by atoms with E-state index in [9.17, 15) is 0 Å². The van der Waals surface area contributed by atoms with Gasteiger partial charge in [-0.05, 0) is 6.08 Å². The first-order chi connectivity index (χ1) is 17.2. The summed E-state index contributed by atoms with van der Waals surface area (Å²) in [5.74, 6) is 2.67. The molecule has 1 aromatic heterocycles. The maximum atomic E-state index is 4.91. The lowest BCUT2D eigenvalue weighted by molar-refractivity contribution is 0.649. The molecule has 4 aromatic rings. The van der Waals surface area contributed by atoms with Crippen LogP contribution in [0.15, 0.2) is 127 Å². The van der Waals surface area contributed by atoms with Crippen LogP contribution in [0.4, 0.5) is 0 Å². The van der Waals surface area contributed by atoms with E-state index in [1.165, 1.54) is 0 Å². The summed E-state index contributed by atoms with van der Waals surface area (Å²) in [6.07, 6.45) is 7.97. The highest BCUT2D eigenvalue weighted by Gasteiger charge is 2.19. The highest BCUT2D eigenvalue weighted by atomic mass is 15.2. The molecule has 0 fully saturated rings. The molecule has 35 heavy (non-hydrogen) atoms. The van der Waals surface area contributed by atoms with Gasteiger partial charge in [0.05, 0.1) is 6.54 Å². The molecule has 5 rings (SSSR count). The lowest BCUT2D eigenvalue weighted by Crippen LogP contribution is -2.27. The van der Waals surface area contributed by atoms with Gasteiger partial charge in [0.25, 0.3) is 0 Å². The largest absolute Gasteiger partial charge is 0.330 e. The molecule has 0 radical (unpaired) electrons. The quantitative estimate of drug-likeness (QED) is 0.368. The van der Waals surface area contributed by atoms with Gasteiger partial charge in [-0.1, -0.05) is 110 Å². The monoisotopic (exact) mass is 455 g/mol. The Morgan fingerprint density at radius 2 is 1.20 bits per heavy atom. The topological polar surface area (TPSA) is 54.3 Å². The fraction of sp³-hybridized carbons (Fsp3) is 0.0667. The minimum Gasteiger partial charge on any atom is -0.330 e. The van der Waals surface area contributed by atoms with Crippen LogP contribution in [-0.4, -0.2) is 39.3 Å². The second-order valence-electron chi connectivity index (χ2n) is 8.09. The van der Waals surface area contributed by atoms with Crippen LogP contribution >= 0.6 is 0 Å². The number of hydrogen-bond acceptors (Lipinski definition) is 5. The molecule has 0 spiro atoms. The number of aromatic nitrogens is 3. The van der Waals surface area contributed by atoms with Crippen molar-refractivity contribution in [1.82, 2.24) is 19.9 Å². The third kappa shape index (κ3) is 4.84. The molecule has 3 aromatic carbocycles. The molecular weight excluding hydrogens is 430 g/mol. The first-order valence-electron chi connectivity index (χ1n) is 11.5. The van der Waals surface area contributed by atoms with Gasteiger partial charge in [0.15, 0.2) is 17.5 Å². The van der Waals surface area contributed by atoms with E-state index < -0.39 is 0 Å². The zero-order valence-electron chi connectivity index (χ0n) is 19.5. The summed E-state index contributed by atoms with van der Waals surface area (Å²) in [6, 6.07) is 28.1. The highest BCUT2D eigenvalue weighted by Crippen LogP contribution is 2.28. The molecule has 0 saturated heterocycles. The first kappa shape index (κ1) is 22.2. The van der Waals surface area contributed by atoms with E-state index in [-0.39, 0.29) is 0 Å². The van der Waals surface area contributed by atoms with Crippen molar-refractivity contribution >= 4 is 5.84 Å². The van der Waals surface area contributed by atoms with Crippen LogP contribution in [0.1, 0.15) is 5.56 Å². The Morgan fingerprint density at radius 3 is 1.83 bits per heavy atom. The van der Waals surface area contributed by atoms with E-state index >= 15 is 0 Å². The number of nitrogens with zero attached hydrogens (tertiary/aromatic N) is 5. The summed E-state index contributed by atoms with van der Waals surface area (Å²) >= 11 is 0. The molecule has 2 heterocycles. The molecule has 0 amide bonds.